The molecule has 2 fully saturated rings. The number of anilines is 2. The minimum atomic E-state index is -0.634. The SMILES string of the molecule is CC1(C)O[C@@H]2[C@H](O1)[C@@H](/C=C/c1ccc3ccc(N)nc3c1)C[C@H]2n1c2c(c3c(N)ncnc31)CCC2. The van der Waals surface area contributed by atoms with E-state index >= 15 is 0 Å². The number of rotatable bonds is 3. The molecule has 8 nitrogen and oxygen atoms in total. The summed E-state index contributed by atoms with van der Waals surface area (Å²) < 4.78 is 15.4. The van der Waals surface area contributed by atoms with Crippen LogP contribution in [0, 0.1) is 5.92 Å². The lowest BCUT2D eigenvalue weighted by atomic mass is 10.0. The van der Waals surface area contributed by atoms with Crippen LogP contribution in [0.4, 0.5) is 11.6 Å². The van der Waals surface area contributed by atoms with Crippen molar-refractivity contribution in [2.75, 3.05) is 11.5 Å². The van der Waals surface area contributed by atoms with Crippen molar-refractivity contribution >= 4 is 39.6 Å². The van der Waals surface area contributed by atoms with E-state index in [4.69, 9.17) is 25.9 Å². The van der Waals surface area contributed by atoms with Crippen LogP contribution in [0.3, 0.4) is 0 Å². The van der Waals surface area contributed by atoms with Gasteiger partial charge in [0, 0.05) is 17.0 Å². The third-order valence-electron chi connectivity index (χ3n) is 7.95. The van der Waals surface area contributed by atoms with Crippen LogP contribution in [0.5, 0.6) is 0 Å². The molecule has 2 aliphatic carbocycles. The Bertz CT molecular complexity index is 1540. The Labute approximate surface area is 209 Å². The Hall–Kier alpha value is -3.49. The largest absolute Gasteiger partial charge is 0.384 e. The average Bonchev–Trinajstić information content (AvgIpc) is 3.57. The van der Waals surface area contributed by atoms with E-state index in [1.807, 2.05) is 26.0 Å². The van der Waals surface area contributed by atoms with Gasteiger partial charge in [0.1, 0.15) is 29.7 Å². The van der Waals surface area contributed by atoms with Gasteiger partial charge in [-0.25, -0.2) is 15.0 Å². The summed E-state index contributed by atoms with van der Waals surface area (Å²) in [7, 11) is 0. The fraction of sp³-hybridized carbons (Fsp3) is 0.393. The van der Waals surface area contributed by atoms with Crippen molar-refractivity contribution in [2.45, 2.75) is 63.6 Å². The summed E-state index contributed by atoms with van der Waals surface area (Å²) in [5, 5.41) is 2.09. The minimum Gasteiger partial charge on any atom is -0.384 e. The van der Waals surface area contributed by atoms with E-state index in [9.17, 15) is 0 Å². The van der Waals surface area contributed by atoms with Gasteiger partial charge in [0.2, 0.25) is 0 Å². The Morgan fingerprint density at radius 3 is 2.78 bits per heavy atom. The molecule has 1 aromatic carbocycles. The molecule has 1 aliphatic heterocycles. The molecular weight excluding hydrogens is 452 g/mol. The highest BCUT2D eigenvalue weighted by Crippen LogP contribution is 2.50. The number of ether oxygens (including phenoxy) is 2. The highest BCUT2D eigenvalue weighted by Gasteiger charge is 2.54. The van der Waals surface area contributed by atoms with Gasteiger partial charge in [-0.05, 0) is 68.9 Å². The minimum absolute atomic E-state index is 0.0378. The zero-order valence-corrected chi connectivity index (χ0v) is 20.5. The molecule has 1 saturated heterocycles. The zero-order valence-electron chi connectivity index (χ0n) is 20.5. The van der Waals surface area contributed by atoms with Crippen LogP contribution >= 0.6 is 0 Å². The van der Waals surface area contributed by atoms with Crippen molar-refractivity contribution in [1.82, 2.24) is 19.5 Å². The molecule has 0 spiro atoms. The molecular formula is C28H30N6O2. The normalized spacial score (nSPS) is 26.8. The molecule has 7 rings (SSSR count). The summed E-state index contributed by atoms with van der Waals surface area (Å²) in [6, 6.07) is 10.2. The molecule has 0 radical (unpaired) electrons. The fourth-order valence-electron chi connectivity index (χ4n) is 6.53. The van der Waals surface area contributed by atoms with E-state index < -0.39 is 5.79 Å². The third kappa shape index (κ3) is 3.32. The summed E-state index contributed by atoms with van der Waals surface area (Å²) >= 11 is 0. The van der Waals surface area contributed by atoms with Crippen LogP contribution in [0.2, 0.25) is 0 Å². The maximum atomic E-state index is 6.53. The number of aryl methyl sites for hydroxylation is 1. The summed E-state index contributed by atoms with van der Waals surface area (Å²) in [4.78, 5) is 13.5. The third-order valence-corrected chi connectivity index (χ3v) is 7.95. The first-order chi connectivity index (χ1) is 17.4. The van der Waals surface area contributed by atoms with Crippen LogP contribution in [0.25, 0.3) is 28.0 Å². The van der Waals surface area contributed by atoms with Crippen LogP contribution in [0.1, 0.15) is 49.6 Å². The van der Waals surface area contributed by atoms with Gasteiger partial charge >= 0.3 is 0 Å². The van der Waals surface area contributed by atoms with Gasteiger partial charge in [-0.1, -0.05) is 24.3 Å². The molecule has 8 heteroatoms. The highest BCUT2D eigenvalue weighted by molar-refractivity contribution is 5.91. The van der Waals surface area contributed by atoms with Crippen molar-refractivity contribution in [3.63, 3.8) is 0 Å². The van der Waals surface area contributed by atoms with Gasteiger partial charge in [0.05, 0.1) is 23.0 Å². The topological polar surface area (TPSA) is 114 Å². The van der Waals surface area contributed by atoms with Gasteiger partial charge in [0.25, 0.3) is 0 Å². The molecule has 4 N–H and O–H groups in total. The number of nitrogens with zero attached hydrogens (tertiary/aromatic N) is 4. The zero-order chi connectivity index (χ0) is 24.6. The maximum Gasteiger partial charge on any atom is 0.163 e. The first kappa shape index (κ1) is 21.8. The van der Waals surface area contributed by atoms with E-state index in [0.717, 1.165) is 53.2 Å². The van der Waals surface area contributed by atoms with Crippen LogP contribution < -0.4 is 11.5 Å². The van der Waals surface area contributed by atoms with Gasteiger partial charge in [-0.3, -0.25) is 0 Å². The lowest BCUT2D eigenvalue weighted by molar-refractivity contribution is -0.158. The Morgan fingerprint density at radius 2 is 1.89 bits per heavy atom. The second kappa shape index (κ2) is 7.75. The molecule has 36 heavy (non-hydrogen) atoms. The Balaban J connectivity index is 1.27. The quantitative estimate of drug-likeness (QED) is 0.444. The van der Waals surface area contributed by atoms with E-state index in [2.05, 4.69) is 44.9 Å². The maximum absolute atomic E-state index is 6.53. The second-order valence-electron chi connectivity index (χ2n) is 10.7. The number of fused-ring (bicyclic) bond motifs is 5. The molecule has 3 aromatic heterocycles. The molecule has 0 unspecified atom stereocenters. The number of aromatic nitrogens is 4. The molecule has 4 heterocycles. The summed E-state index contributed by atoms with van der Waals surface area (Å²) in [5.74, 6) is 0.655. The van der Waals surface area contributed by atoms with Crippen LogP contribution in [0.15, 0.2) is 42.7 Å². The van der Waals surface area contributed by atoms with Crippen molar-refractivity contribution in [1.29, 1.82) is 0 Å². The van der Waals surface area contributed by atoms with Crippen molar-refractivity contribution < 1.29 is 9.47 Å². The number of benzene rings is 1. The summed E-state index contributed by atoms with van der Waals surface area (Å²) in [6.45, 7) is 4.00. The number of nitrogens with two attached hydrogens (primary N) is 2. The standard InChI is InChI=1S/C28H30N6O2/c1-28(2)35-24-17(9-7-15-6-8-16-10-11-22(29)33-19(16)12-15)13-21(25(24)36-28)34-20-5-3-4-18(20)23-26(30)31-14-32-27(23)34/h6-12,14,17,21,24-25H,3-5,13H2,1-2H3,(H2,29,33)(H2,30,31,32)/b9-7+/t17-,21+,24+,25-/m0/s1. The first-order valence-corrected chi connectivity index (χ1v) is 12.7. The van der Waals surface area contributed by atoms with E-state index in [1.165, 1.54) is 11.3 Å². The predicted octanol–water partition coefficient (Wildman–Crippen LogP) is 4.43. The molecule has 184 valence electrons. The number of hydrogen-bond acceptors (Lipinski definition) is 7. The Kier molecular flexibility index (Phi) is 4.69. The van der Waals surface area contributed by atoms with Gasteiger partial charge < -0.3 is 25.5 Å². The van der Waals surface area contributed by atoms with Gasteiger partial charge in [-0.15, -0.1) is 0 Å². The second-order valence-corrected chi connectivity index (χ2v) is 10.7. The van der Waals surface area contributed by atoms with Crippen LogP contribution in [-0.2, 0) is 22.3 Å². The number of nitrogen functional groups attached to an aromatic ring is 2. The van der Waals surface area contributed by atoms with Gasteiger partial charge in [0.15, 0.2) is 5.79 Å². The molecule has 1 saturated carbocycles. The summed E-state index contributed by atoms with van der Waals surface area (Å²) in [5.41, 5.74) is 17.8. The molecule has 4 aromatic rings. The van der Waals surface area contributed by atoms with Crippen LogP contribution in [-0.4, -0.2) is 37.5 Å². The molecule has 4 atom stereocenters. The Morgan fingerprint density at radius 1 is 1.06 bits per heavy atom. The average molecular weight is 483 g/mol. The fourth-order valence-corrected chi connectivity index (χ4v) is 6.53. The molecule has 3 aliphatic rings. The van der Waals surface area contributed by atoms with Crippen molar-refractivity contribution in [2.24, 2.45) is 5.92 Å². The smallest absolute Gasteiger partial charge is 0.163 e. The number of pyridine rings is 1. The first-order valence-electron chi connectivity index (χ1n) is 12.7. The number of hydrogen-bond donors (Lipinski definition) is 2. The van der Waals surface area contributed by atoms with E-state index in [1.54, 1.807) is 6.33 Å². The lowest BCUT2D eigenvalue weighted by Gasteiger charge is -2.25. The van der Waals surface area contributed by atoms with Crippen molar-refractivity contribution in [3.05, 3.63) is 59.6 Å². The molecule has 0 bridgehead atoms. The lowest BCUT2D eigenvalue weighted by Crippen LogP contribution is -2.28. The van der Waals surface area contributed by atoms with E-state index in [-0.39, 0.29) is 24.2 Å². The highest BCUT2D eigenvalue weighted by atomic mass is 16.8. The van der Waals surface area contributed by atoms with Gasteiger partial charge in [-0.2, -0.15) is 0 Å². The van der Waals surface area contributed by atoms with Crippen molar-refractivity contribution in [3.8, 4) is 0 Å². The predicted molar refractivity (Wildman–Crippen MR) is 140 cm³/mol. The molecule has 0 amide bonds. The van der Waals surface area contributed by atoms with E-state index in [0.29, 0.717) is 11.6 Å². The summed E-state index contributed by atoms with van der Waals surface area (Å²) in [6.07, 6.45) is 9.98. The monoisotopic (exact) mass is 482 g/mol.